The van der Waals surface area contributed by atoms with E-state index in [4.69, 9.17) is 0 Å². The van der Waals surface area contributed by atoms with E-state index in [9.17, 15) is 13.5 Å². The van der Waals surface area contributed by atoms with Crippen molar-refractivity contribution in [2.24, 2.45) is 0 Å². The Balaban J connectivity index is 3.40. The Morgan fingerprint density at radius 3 is 2.28 bits per heavy atom. The number of hydrogen-bond acceptors (Lipinski definition) is 3. The second kappa shape index (κ2) is 4.80. The number of benzene rings is 1. The summed E-state index contributed by atoms with van der Waals surface area (Å²) in [5, 5.41) is 9.53. The average molecular weight is 271 g/mol. The number of nitrogens with zero attached hydrogens (tertiary/aromatic N) is 1. The number of aryl methyl sites for hydroxylation is 1. The number of sulfonamides is 1. The molecule has 1 aromatic carbocycles. The van der Waals surface area contributed by atoms with E-state index in [-0.39, 0.29) is 5.75 Å². The summed E-state index contributed by atoms with van der Waals surface area (Å²) >= 11 is 0. The fraction of sp³-hybridized carbons (Fsp3) is 0.538. The van der Waals surface area contributed by atoms with Gasteiger partial charge in [0.05, 0.1) is 10.4 Å². The zero-order valence-electron chi connectivity index (χ0n) is 11.6. The first kappa shape index (κ1) is 14.8. The highest BCUT2D eigenvalue weighted by Crippen LogP contribution is 2.31. The monoisotopic (exact) mass is 271 g/mol. The van der Waals surface area contributed by atoms with Crippen LogP contribution in [0.5, 0.6) is 5.75 Å². The Bertz CT molecular complexity index is 530. The van der Waals surface area contributed by atoms with Gasteiger partial charge in [0.2, 0.25) is 10.0 Å². The van der Waals surface area contributed by atoms with Gasteiger partial charge in [0.25, 0.3) is 0 Å². The lowest BCUT2D eigenvalue weighted by Crippen LogP contribution is -2.43. The summed E-state index contributed by atoms with van der Waals surface area (Å²) < 4.78 is 25.5. The number of aromatic hydroxyl groups is 1. The summed E-state index contributed by atoms with van der Waals surface area (Å²) in [7, 11) is -3.46. The number of anilines is 1. The quantitative estimate of drug-likeness (QED) is 0.919. The lowest BCUT2D eigenvalue weighted by atomic mass is 10.2. The third-order valence-electron chi connectivity index (χ3n) is 2.81. The topological polar surface area (TPSA) is 57.6 Å². The van der Waals surface area contributed by atoms with Gasteiger partial charge in [-0.2, -0.15) is 0 Å². The van der Waals surface area contributed by atoms with Gasteiger partial charge in [-0.05, 0) is 46.2 Å². The van der Waals surface area contributed by atoms with Crippen LogP contribution >= 0.6 is 0 Å². The van der Waals surface area contributed by atoms with Crippen molar-refractivity contribution < 1.29 is 13.5 Å². The molecular weight excluding hydrogens is 250 g/mol. The van der Waals surface area contributed by atoms with E-state index in [1.165, 1.54) is 10.4 Å². The maximum absolute atomic E-state index is 12.5. The molecule has 0 aliphatic heterocycles. The summed E-state index contributed by atoms with van der Waals surface area (Å²) in [5.41, 5.74) is 1.36. The van der Waals surface area contributed by atoms with Crippen molar-refractivity contribution in [2.75, 3.05) is 10.8 Å². The Hall–Kier alpha value is -1.23. The van der Waals surface area contributed by atoms with Crippen LogP contribution in [0.15, 0.2) is 18.2 Å². The first-order valence-corrected chi connectivity index (χ1v) is 7.37. The zero-order valence-corrected chi connectivity index (χ0v) is 12.4. The molecule has 0 radical (unpaired) electrons. The van der Waals surface area contributed by atoms with Gasteiger partial charge in [0.1, 0.15) is 5.75 Å². The summed E-state index contributed by atoms with van der Waals surface area (Å²) in [4.78, 5) is 0. The van der Waals surface area contributed by atoms with Gasteiger partial charge in [-0.15, -0.1) is 0 Å². The van der Waals surface area contributed by atoms with Crippen molar-refractivity contribution in [2.45, 2.75) is 39.4 Å². The molecule has 5 heteroatoms. The first-order valence-electron chi connectivity index (χ1n) is 5.93. The predicted octanol–water partition coefficient (Wildman–Crippen LogP) is 2.66. The molecule has 0 atom stereocenters. The first-order chi connectivity index (χ1) is 8.11. The molecule has 1 rings (SSSR count). The smallest absolute Gasteiger partial charge is 0.240 e. The van der Waals surface area contributed by atoms with Crippen LogP contribution < -0.4 is 4.31 Å². The van der Waals surface area contributed by atoms with E-state index >= 15 is 0 Å². The van der Waals surface area contributed by atoms with Gasteiger partial charge < -0.3 is 5.11 Å². The highest BCUT2D eigenvalue weighted by molar-refractivity contribution is 7.94. The van der Waals surface area contributed by atoms with E-state index in [2.05, 4.69) is 0 Å². The van der Waals surface area contributed by atoms with E-state index < -0.39 is 14.8 Å². The molecule has 0 aliphatic carbocycles. The van der Waals surface area contributed by atoms with Gasteiger partial charge in [-0.25, -0.2) is 8.42 Å². The molecule has 0 amide bonds. The van der Waals surface area contributed by atoms with Crippen LogP contribution in [0.25, 0.3) is 0 Å². The molecule has 1 N–H and O–H groups in total. The molecule has 0 saturated heterocycles. The number of phenolic OH excluding ortho intramolecular Hbond substituents is 1. The van der Waals surface area contributed by atoms with Gasteiger partial charge in [0, 0.05) is 12.6 Å². The number of hydrogen-bond donors (Lipinski definition) is 1. The van der Waals surface area contributed by atoms with Crippen molar-refractivity contribution in [3.05, 3.63) is 23.8 Å². The standard InChI is InChI=1S/C13H21NO3S/c1-6-14(18(16,17)13(3,4)5)12-9-11(15)8-7-10(12)2/h7-9,15H,6H2,1-5H3. The summed E-state index contributed by atoms with van der Waals surface area (Å²) in [6.07, 6.45) is 0. The second-order valence-electron chi connectivity index (χ2n) is 5.25. The van der Waals surface area contributed by atoms with Crippen LogP contribution in [0.3, 0.4) is 0 Å². The molecule has 0 aliphatic rings. The molecule has 0 spiro atoms. The minimum Gasteiger partial charge on any atom is -0.508 e. The molecule has 0 unspecified atom stereocenters. The van der Waals surface area contributed by atoms with Crippen LogP contribution in [0.2, 0.25) is 0 Å². The third kappa shape index (κ3) is 2.61. The van der Waals surface area contributed by atoms with Crippen LogP contribution in [-0.2, 0) is 10.0 Å². The van der Waals surface area contributed by atoms with Crippen molar-refractivity contribution in [1.29, 1.82) is 0 Å². The Morgan fingerprint density at radius 2 is 1.83 bits per heavy atom. The fourth-order valence-corrected chi connectivity index (χ4v) is 3.12. The molecule has 4 nitrogen and oxygen atoms in total. The third-order valence-corrected chi connectivity index (χ3v) is 5.40. The Kier molecular flexibility index (Phi) is 3.96. The Morgan fingerprint density at radius 1 is 1.28 bits per heavy atom. The molecule has 0 bridgehead atoms. The maximum atomic E-state index is 12.5. The summed E-state index contributed by atoms with van der Waals surface area (Å²) in [6, 6.07) is 4.75. The van der Waals surface area contributed by atoms with E-state index in [1.54, 1.807) is 39.8 Å². The fourth-order valence-electron chi connectivity index (χ4n) is 1.67. The predicted molar refractivity (Wildman–Crippen MR) is 74.5 cm³/mol. The minimum absolute atomic E-state index is 0.0677. The maximum Gasteiger partial charge on any atom is 0.240 e. The van der Waals surface area contributed by atoms with Crippen LogP contribution in [0, 0.1) is 6.92 Å². The molecule has 0 aromatic heterocycles. The highest BCUT2D eigenvalue weighted by atomic mass is 32.2. The van der Waals surface area contributed by atoms with Gasteiger partial charge >= 0.3 is 0 Å². The SMILES string of the molecule is CCN(c1cc(O)ccc1C)S(=O)(=O)C(C)(C)C. The number of rotatable bonds is 3. The van der Waals surface area contributed by atoms with Crippen molar-refractivity contribution >= 4 is 15.7 Å². The lowest BCUT2D eigenvalue weighted by Gasteiger charge is -2.31. The van der Waals surface area contributed by atoms with Crippen LogP contribution in [0.4, 0.5) is 5.69 Å². The van der Waals surface area contributed by atoms with E-state index in [0.717, 1.165) is 5.56 Å². The van der Waals surface area contributed by atoms with E-state index in [1.807, 2.05) is 6.92 Å². The molecule has 0 fully saturated rings. The van der Waals surface area contributed by atoms with Crippen molar-refractivity contribution in [1.82, 2.24) is 0 Å². The molecule has 102 valence electrons. The number of phenols is 1. The zero-order chi connectivity index (χ0) is 14.1. The molecule has 1 aromatic rings. The van der Waals surface area contributed by atoms with Gasteiger partial charge in [0.15, 0.2) is 0 Å². The molecular formula is C13H21NO3S. The van der Waals surface area contributed by atoms with Gasteiger partial charge in [-0.1, -0.05) is 6.07 Å². The second-order valence-corrected chi connectivity index (χ2v) is 7.87. The van der Waals surface area contributed by atoms with E-state index in [0.29, 0.717) is 12.2 Å². The summed E-state index contributed by atoms with van der Waals surface area (Å²) in [5.74, 6) is 0.0677. The average Bonchev–Trinajstić information content (AvgIpc) is 2.22. The molecule has 0 heterocycles. The lowest BCUT2D eigenvalue weighted by molar-refractivity contribution is 0.475. The largest absolute Gasteiger partial charge is 0.508 e. The van der Waals surface area contributed by atoms with Crippen molar-refractivity contribution in [3.8, 4) is 5.75 Å². The minimum atomic E-state index is -3.46. The van der Waals surface area contributed by atoms with Crippen LogP contribution in [-0.4, -0.2) is 24.8 Å². The van der Waals surface area contributed by atoms with Crippen molar-refractivity contribution in [3.63, 3.8) is 0 Å². The summed E-state index contributed by atoms with van der Waals surface area (Å²) in [6.45, 7) is 8.96. The normalized spacial score (nSPS) is 12.5. The van der Waals surface area contributed by atoms with Crippen LogP contribution in [0.1, 0.15) is 33.3 Å². The molecule has 0 saturated carbocycles. The highest BCUT2D eigenvalue weighted by Gasteiger charge is 2.35. The molecule has 18 heavy (non-hydrogen) atoms. The van der Waals surface area contributed by atoms with Gasteiger partial charge in [-0.3, -0.25) is 4.31 Å². The Labute approximate surface area is 109 Å².